The quantitative estimate of drug-likeness (QED) is 0.490. The normalized spacial score (nSPS) is 19.8. The number of anilines is 1. The Morgan fingerprint density at radius 3 is 2.64 bits per heavy atom. The van der Waals surface area contributed by atoms with E-state index in [2.05, 4.69) is 9.80 Å². The number of aryl methyl sites for hydroxylation is 1. The molecule has 8 nitrogen and oxygen atoms in total. The summed E-state index contributed by atoms with van der Waals surface area (Å²) in [5.74, 6) is 0.424. The fourth-order valence-electron chi connectivity index (χ4n) is 4.11. The van der Waals surface area contributed by atoms with Crippen molar-refractivity contribution in [2.45, 2.75) is 33.2 Å². The van der Waals surface area contributed by atoms with Crippen LogP contribution in [-0.2, 0) is 4.79 Å². The molecule has 0 aromatic carbocycles. The third-order valence-electron chi connectivity index (χ3n) is 6.20. The summed E-state index contributed by atoms with van der Waals surface area (Å²) in [6, 6.07) is 3.77. The highest BCUT2D eigenvalue weighted by molar-refractivity contribution is 8.26. The Morgan fingerprint density at radius 1 is 1.24 bits per heavy atom. The maximum absolute atomic E-state index is 13.6. The molecule has 0 aliphatic carbocycles. The number of hydrogen-bond donors (Lipinski definition) is 1. The molecule has 2 aliphatic rings. The molecule has 4 rings (SSSR count). The largest absolute Gasteiger partial charge is 0.395 e. The van der Waals surface area contributed by atoms with Crippen LogP contribution in [0.4, 0.5) is 5.82 Å². The van der Waals surface area contributed by atoms with Crippen molar-refractivity contribution in [2.75, 3.05) is 44.2 Å². The number of rotatable bonds is 6. The summed E-state index contributed by atoms with van der Waals surface area (Å²) >= 11 is 6.71. The van der Waals surface area contributed by atoms with E-state index in [1.54, 1.807) is 21.6 Å². The fourth-order valence-corrected chi connectivity index (χ4v) is 5.56. The lowest BCUT2D eigenvalue weighted by Crippen LogP contribution is -2.48. The van der Waals surface area contributed by atoms with E-state index < -0.39 is 0 Å². The number of aromatic nitrogens is 2. The molecular formula is C23H29N5O3S2. The standard InChI is InChI=1S/C23H29N5O3S2/c1-4-16(3)28-22(31)18(33-23(28)32)13-17-20(26-9-7-25(8-10-26)11-12-29)24-19-6-5-15(2)14-27(19)21(17)30/h5-6,13-14,16,29H,4,7-12H2,1-3H3/b18-13-/t16-/m1/s1. The zero-order valence-electron chi connectivity index (χ0n) is 19.2. The van der Waals surface area contributed by atoms with Crippen molar-refractivity contribution in [3.63, 3.8) is 0 Å². The molecule has 0 radical (unpaired) electrons. The molecule has 0 unspecified atom stereocenters. The van der Waals surface area contributed by atoms with Gasteiger partial charge in [0.05, 0.1) is 17.1 Å². The lowest BCUT2D eigenvalue weighted by molar-refractivity contribution is -0.123. The highest BCUT2D eigenvalue weighted by Gasteiger charge is 2.35. The number of thioether (sulfide) groups is 1. The number of aliphatic hydroxyl groups is 1. The Labute approximate surface area is 202 Å². The zero-order valence-corrected chi connectivity index (χ0v) is 20.8. The number of β-amino-alcohol motifs (C(OH)–C–C–N with tert-alkyl or cyclic N) is 1. The van der Waals surface area contributed by atoms with E-state index in [1.807, 2.05) is 32.9 Å². The zero-order chi connectivity index (χ0) is 23.7. The van der Waals surface area contributed by atoms with Gasteiger partial charge in [-0.1, -0.05) is 37.0 Å². The molecule has 2 aromatic heterocycles. The fraction of sp³-hybridized carbons (Fsp3) is 0.478. The van der Waals surface area contributed by atoms with Crippen LogP contribution >= 0.6 is 24.0 Å². The van der Waals surface area contributed by atoms with Crippen LogP contribution in [0.5, 0.6) is 0 Å². The van der Waals surface area contributed by atoms with Crippen LogP contribution in [0.3, 0.4) is 0 Å². The van der Waals surface area contributed by atoms with Gasteiger partial charge in [-0.3, -0.25) is 23.8 Å². The van der Waals surface area contributed by atoms with Gasteiger partial charge in [0.25, 0.3) is 11.5 Å². The summed E-state index contributed by atoms with van der Waals surface area (Å²) in [7, 11) is 0. The summed E-state index contributed by atoms with van der Waals surface area (Å²) in [5.41, 5.74) is 1.72. The molecule has 4 heterocycles. The van der Waals surface area contributed by atoms with Gasteiger partial charge < -0.3 is 10.0 Å². The average molecular weight is 488 g/mol. The minimum absolute atomic E-state index is 0.000878. The highest BCUT2D eigenvalue weighted by atomic mass is 32.2. The average Bonchev–Trinajstić information content (AvgIpc) is 3.09. The summed E-state index contributed by atoms with van der Waals surface area (Å²) in [5, 5.41) is 9.24. The van der Waals surface area contributed by atoms with Gasteiger partial charge in [-0.2, -0.15) is 0 Å². The molecule has 1 atom stereocenters. The predicted molar refractivity (Wildman–Crippen MR) is 137 cm³/mol. The first-order chi connectivity index (χ1) is 15.8. The first-order valence-corrected chi connectivity index (χ1v) is 12.4. The van der Waals surface area contributed by atoms with Crippen LogP contribution in [0, 0.1) is 6.92 Å². The lowest BCUT2D eigenvalue weighted by Gasteiger charge is -2.35. The molecule has 0 saturated carbocycles. The monoisotopic (exact) mass is 487 g/mol. The SMILES string of the molecule is CC[C@@H](C)N1C(=O)/C(=C/c2c(N3CCN(CCO)CC3)nc3ccc(C)cn3c2=O)SC1=S. The predicted octanol–water partition coefficient (Wildman–Crippen LogP) is 2.12. The number of nitrogens with zero attached hydrogens (tertiary/aromatic N) is 5. The maximum Gasteiger partial charge on any atom is 0.267 e. The number of aliphatic hydroxyl groups excluding tert-OH is 1. The third-order valence-corrected chi connectivity index (χ3v) is 7.53. The van der Waals surface area contributed by atoms with E-state index in [1.165, 1.54) is 11.8 Å². The van der Waals surface area contributed by atoms with Gasteiger partial charge in [-0.05, 0) is 38.0 Å². The van der Waals surface area contributed by atoms with Crippen LogP contribution in [0.25, 0.3) is 11.7 Å². The number of carbonyl (C=O) groups is 1. The van der Waals surface area contributed by atoms with Crippen molar-refractivity contribution in [2.24, 2.45) is 0 Å². The number of pyridine rings is 1. The second kappa shape index (κ2) is 9.92. The van der Waals surface area contributed by atoms with Crippen LogP contribution in [-0.4, -0.2) is 79.9 Å². The number of thiocarbonyl (C=S) groups is 1. The summed E-state index contributed by atoms with van der Waals surface area (Å²) < 4.78 is 2.06. The topological polar surface area (TPSA) is 81.4 Å². The van der Waals surface area contributed by atoms with Crippen LogP contribution in [0.15, 0.2) is 28.0 Å². The minimum Gasteiger partial charge on any atom is -0.395 e. The number of piperazine rings is 1. The van der Waals surface area contributed by atoms with E-state index in [4.69, 9.17) is 17.2 Å². The van der Waals surface area contributed by atoms with Crippen molar-refractivity contribution in [3.8, 4) is 0 Å². The van der Waals surface area contributed by atoms with Gasteiger partial charge in [0.2, 0.25) is 0 Å². The Hall–Kier alpha value is -2.27. The minimum atomic E-state index is -0.203. The number of hydrogen-bond acceptors (Lipinski definition) is 8. The van der Waals surface area contributed by atoms with Gasteiger partial charge in [-0.15, -0.1) is 0 Å². The molecule has 2 aromatic rings. The van der Waals surface area contributed by atoms with Crippen molar-refractivity contribution in [1.82, 2.24) is 19.2 Å². The first kappa shape index (κ1) is 23.9. The smallest absolute Gasteiger partial charge is 0.267 e. The molecule has 1 amide bonds. The highest BCUT2D eigenvalue weighted by Crippen LogP contribution is 2.35. The Balaban J connectivity index is 1.79. The van der Waals surface area contributed by atoms with Crippen molar-refractivity contribution >= 4 is 51.7 Å². The Kier molecular flexibility index (Phi) is 7.18. The molecule has 0 spiro atoms. The van der Waals surface area contributed by atoms with E-state index in [0.29, 0.717) is 45.9 Å². The van der Waals surface area contributed by atoms with E-state index >= 15 is 0 Å². The van der Waals surface area contributed by atoms with Crippen LogP contribution in [0.1, 0.15) is 31.4 Å². The molecule has 1 N–H and O–H groups in total. The second-order valence-electron chi connectivity index (χ2n) is 8.45. The molecule has 0 bridgehead atoms. The molecular weight excluding hydrogens is 458 g/mol. The van der Waals surface area contributed by atoms with E-state index in [9.17, 15) is 14.7 Å². The van der Waals surface area contributed by atoms with Crippen molar-refractivity contribution in [3.05, 3.63) is 44.7 Å². The van der Waals surface area contributed by atoms with E-state index in [-0.39, 0.29) is 24.1 Å². The first-order valence-electron chi connectivity index (χ1n) is 11.2. The van der Waals surface area contributed by atoms with Crippen LogP contribution < -0.4 is 10.5 Å². The van der Waals surface area contributed by atoms with Gasteiger partial charge in [0, 0.05) is 45.0 Å². The Bertz CT molecular complexity index is 1170. The maximum atomic E-state index is 13.6. The molecule has 33 heavy (non-hydrogen) atoms. The second-order valence-corrected chi connectivity index (χ2v) is 10.1. The lowest BCUT2D eigenvalue weighted by atomic mass is 10.2. The Morgan fingerprint density at radius 2 is 1.97 bits per heavy atom. The third kappa shape index (κ3) is 4.70. The molecule has 2 saturated heterocycles. The van der Waals surface area contributed by atoms with Gasteiger partial charge in [0.15, 0.2) is 0 Å². The summed E-state index contributed by atoms with van der Waals surface area (Å²) in [6.45, 7) is 9.58. The van der Waals surface area contributed by atoms with Gasteiger partial charge >= 0.3 is 0 Å². The van der Waals surface area contributed by atoms with Crippen molar-refractivity contribution in [1.29, 1.82) is 0 Å². The molecule has 2 aliphatic heterocycles. The van der Waals surface area contributed by atoms with E-state index in [0.717, 1.165) is 25.1 Å². The molecule has 2 fully saturated rings. The number of amides is 1. The number of carbonyl (C=O) groups excluding carboxylic acids is 1. The van der Waals surface area contributed by atoms with Crippen LogP contribution in [0.2, 0.25) is 0 Å². The van der Waals surface area contributed by atoms with Crippen molar-refractivity contribution < 1.29 is 9.90 Å². The summed E-state index contributed by atoms with van der Waals surface area (Å²) in [6.07, 6.45) is 4.24. The number of fused-ring (bicyclic) bond motifs is 1. The molecule has 176 valence electrons. The van der Waals surface area contributed by atoms with Gasteiger partial charge in [0.1, 0.15) is 15.8 Å². The summed E-state index contributed by atoms with van der Waals surface area (Å²) in [4.78, 5) is 37.9. The van der Waals surface area contributed by atoms with Gasteiger partial charge in [-0.25, -0.2) is 4.98 Å². The molecule has 10 heteroatoms.